The van der Waals surface area contributed by atoms with Gasteiger partial charge in [0.1, 0.15) is 11.6 Å². The molecule has 18 heavy (non-hydrogen) atoms. The van der Waals surface area contributed by atoms with Crippen LogP contribution >= 0.6 is 0 Å². The van der Waals surface area contributed by atoms with Crippen LogP contribution in [0.4, 0.5) is 0 Å². The van der Waals surface area contributed by atoms with Crippen LogP contribution in [-0.4, -0.2) is 45.8 Å². The van der Waals surface area contributed by atoms with Crippen molar-refractivity contribution in [3.8, 4) is 0 Å². The Morgan fingerprint density at radius 2 is 2.00 bits per heavy atom. The molecule has 100 valence electrons. The fraction of sp³-hybridized carbons (Fsp3) is 0.846. The van der Waals surface area contributed by atoms with Crippen molar-refractivity contribution >= 4 is 0 Å². The van der Waals surface area contributed by atoms with E-state index in [2.05, 4.69) is 26.7 Å². The molecule has 0 radical (unpaired) electrons. The Labute approximate surface area is 108 Å². The van der Waals surface area contributed by atoms with Crippen LogP contribution in [0.5, 0.6) is 0 Å². The Bertz CT molecular complexity index is 406. The van der Waals surface area contributed by atoms with Crippen molar-refractivity contribution < 1.29 is 0 Å². The molecule has 3 heterocycles. The van der Waals surface area contributed by atoms with Crippen molar-refractivity contribution in [3.05, 3.63) is 11.6 Å². The molecule has 2 aliphatic heterocycles. The van der Waals surface area contributed by atoms with Crippen molar-refractivity contribution in [2.24, 2.45) is 11.7 Å². The quantitative estimate of drug-likeness (QED) is 0.826. The zero-order valence-corrected chi connectivity index (χ0v) is 11.2. The lowest BCUT2D eigenvalue weighted by Crippen LogP contribution is -2.34. The van der Waals surface area contributed by atoms with Gasteiger partial charge in [0.05, 0.1) is 0 Å². The van der Waals surface area contributed by atoms with Crippen molar-refractivity contribution in [2.75, 3.05) is 20.1 Å². The minimum atomic E-state index is 0.282. The molecule has 2 aliphatic rings. The summed E-state index contributed by atoms with van der Waals surface area (Å²) in [5, 5.41) is 8.71. The first-order chi connectivity index (χ1) is 8.72. The average molecular weight is 249 g/mol. The summed E-state index contributed by atoms with van der Waals surface area (Å²) in [4.78, 5) is 2.41. The number of likely N-dealkylation sites (tertiary alicyclic amines) is 1. The van der Waals surface area contributed by atoms with E-state index in [1.165, 1.54) is 25.9 Å². The van der Waals surface area contributed by atoms with Gasteiger partial charge in [-0.3, -0.25) is 0 Å². The third-order valence-corrected chi connectivity index (χ3v) is 4.37. The SMILES string of the molecule is CN1CCC(Cc2nnc3n2CC(N)CC3)CC1. The van der Waals surface area contributed by atoms with Gasteiger partial charge in [-0.05, 0) is 45.3 Å². The van der Waals surface area contributed by atoms with Crippen LogP contribution in [-0.2, 0) is 19.4 Å². The van der Waals surface area contributed by atoms with E-state index in [9.17, 15) is 0 Å². The summed E-state index contributed by atoms with van der Waals surface area (Å²) in [6.07, 6.45) is 5.68. The number of aromatic nitrogens is 3. The lowest BCUT2D eigenvalue weighted by atomic mass is 9.93. The fourth-order valence-corrected chi connectivity index (χ4v) is 3.08. The minimum Gasteiger partial charge on any atom is -0.326 e. The molecule has 1 atom stereocenters. The maximum atomic E-state index is 6.05. The summed E-state index contributed by atoms with van der Waals surface area (Å²) in [5.74, 6) is 3.07. The van der Waals surface area contributed by atoms with E-state index in [1.807, 2.05) is 0 Å². The highest BCUT2D eigenvalue weighted by atomic mass is 15.3. The number of piperidine rings is 1. The van der Waals surface area contributed by atoms with Crippen LogP contribution in [0.1, 0.15) is 30.9 Å². The molecule has 1 unspecified atom stereocenters. The molecule has 5 heteroatoms. The number of rotatable bonds is 2. The van der Waals surface area contributed by atoms with Crippen LogP contribution in [0.15, 0.2) is 0 Å². The van der Waals surface area contributed by atoms with Crippen LogP contribution in [0.3, 0.4) is 0 Å². The van der Waals surface area contributed by atoms with Gasteiger partial charge in [-0.2, -0.15) is 0 Å². The Morgan fingerprint density at radius 3 is 2.78 bits per heavy atom. The molecular formula is C13H23N5. The predicted molar refractivity (Wildman–Crippen MR) is 70.2 cm³/mol. The summed E-state index contributed by atoms with van der Waals surface area (Å²) in [5.41, 5.74) is 6.05. The molecule has 1 aromatic heterocycles. The Kier molecular flexibility index (Phi) is 3.35. The van der Waals surface area contributed by atoms with E-state index in [4.69, 9.17) is 5.73 Å². The van der Waals surface area contributed by atoms with Crippen LogP contribution in [0.25, 0.3) is 0 Å². The van der Waals surface area contributed by atoms with E-state index in [1.54, 1.807) is 0 Å². The number of aryl methyl sites for hydroxylation is 1. The standard InChI is InChI=1S/C13H23N5/c1-17-6-4-10(5-7-17)8-13-16-15-12-3-2-11(14)9-18(12)13/h10-11H,2-9,14H2,1H3. The first kappa shape index (κ1) is 12.1. The van der Waals surface area contributed by atoms with Gasteiger partial charge in [-0.1, -0.05) is 0 Å². The van der Waals surface area contributed by atoms with Gasteiger partial charge in [0, 0.05) is 25.4 Å². The molecule has 0 spiro atoms. The molecule has 3 rings (SSSR count). The second-order valence-electron chi connectivity index (χ2n) is 5.89. The highest BCUT2D eigenvalue weighted by molar-refractivity contribution is 5.02. The summed E-state index contributed by atoms with van der Waals surface area (Å²) < 4.78 is 2.27. The van der Waals surface area contributed by atoms with Crippen molar-refractivity contribution in [3.63, 3.8) is 0 Å². The van der Waals surface area contributed by atoms with Crippen LogP contribution in [0.2, 0.25) is 0 Å². The maximum Gasteiger partial charge on any atom is 0.133 e. The Hall–Kier alpha value is -0.940. The molecule has 1 aromatic rings. The summed E-state index contributed by atoms with van der Waals surface area (Å²) >= 11 is 0. The molecule has 0 bridgehead atoms. The lowest BCUT2D eigenvalue weighted by Gasteiger charge is -2.29. The number of nitrogens with two attached hydrogens (primary N) is 1. The second-order valence-corrected chi connectivity index (χ2v) is 5.89. The van der Waals surface area contributed by atoms with Crippen molar-refractivity contribution in [2.45, 2.75) is 44.7 Å². The van der Waals surface area contributed by atoms with E-state index in [0.29, 0.717) is 0 Å². The molecule has 0 amide bonds. The smallest absolute Gasteiger partial charge is 0.133 e. The Morgan fingerprint density at radius 1 is 1.22 bits per heavy atom. The first-order valence-corrected chi connectivity index (χ1v) is 7.07. The van der Waals surface area contributed by atoms with Crippen molar-refractivity contribution in [1.29, 1.82) is 0 Å². The molecule has 5 nitrogen and oxygen atoms in total. The molecule has 1 saturated heterocycles. The van der Waals surface area contributed by atoms with Gasteiger partial charge in [0.15, 0.2) is 0 Å². The monoisotopic (exact) mass is 249 g/mol. The number of fused-ring (bicyclic) bond motifs is 1. The maximum absolute atomic E-state index is 6.05. The molecule has 0 saturated carbocycles. The van der Waals surface area contributed by atoms with E-state index in [0.717, 1.165) is 43.4 Å². The fourth-order valence-electron chi connectivity index (χ4n) is 3.08. The highest BCUT2D eigenvalue weighted by Gasteiger charge is 2.24. The summed E-state index contributed by atoms with van der Waals surface area (Å²) in [6.45, 7) is 3.33. The van der Waals surface area contributed by atoms with Gasteiger partial charge < -0.3 is 15.2 Å². The molecule has 2 N–H and O–H groups in total. The molecule has 1 fully saturated rings. The Balaban J connectivity index is 1.68. The topological polar surface area (TPSA) is 60.0 Å². The number of hydrogen-bond donors (Lipinski definition) is 1. The number of nitrogens with zero attached hydrogens (tertiary/aromatic N) is 4. The summed E-state index contributed by atoms with van der Waals surface area (Å²) in [6, 6.07) is 0.282. The van der Waals surface area contributed by atoms with Crippen molar-refractivity contribution in [1.82, 2.24) is 19.7 Å². The second kappa shape index (κ2) is 4.97. The third-order valence-electron chi connectivity index (χ3n) is 4.37. The van der Waals surface area contributed by atoms with Crippen LogP contribution in [0, 0.1) is 5.92 Å². The van der Waals surface area contributed by atoms with Gasteiger partial charge in [0.25, 0.3) is 0 Å². The zero-order chi connectivity index (χ0) is 12.5. The van der Waals surface area contributed by atoms with Gasteiger partial charge in [0.2, 0.25) is 0 Å². The van der Waals surface area contributed by atoms with Gasteiger partial charge >= 0.3 is 0 Å². The molecule has 0 aromatic carbocycles. The highest BCUT2D eigenvalue weighted by Crippen LogP contribution is 2.22. The third kappa shape index (κ3) is 2.42. The minimum absolute atomic E-state index is 0.282. The lowest BCUT2D eigenvalue weighted by molar-refractivity contribution is 0.216. The first-order valence-electron chi connectivity index (χ1n) is 7.07. The normalized spacial score (nSPS) is 26.2. The molecule has 0 aliphatic carbocycles. The van der Waals surface area contributed by atoms with E-state index < -0.39 is 0 Å². The molecular weight excluding hydrogens is 226 g/mol. The van der Waals surface area contributed by atoms with Gasteiger partial charge in [-0.25, -0.2) is 0 Å². The summed E-state index contributed by atoms with van der Waals surface area (Å²) in [7, 11) is 2.20. The number of hydrogen-bond acceptors (Lipinski definition) is 4. The predicted octanol–water partition coefficient (Wildman–Crippen LogP) is 0.436. The average Bonchev–Trinajstić information content (AvgIpc) is 2.75. The van der Waals surface area contributed by atoms with Gasteiger partial charge in [-0.15, -0.1) is 10.2 Å². The zero-order valence-electron chi connectivity index (χ0n) is 11.2. The largest absolute Gasteiger partial charge is 0.326 e. The van der Waals surface area contributed by atoms with Crippen LogP contribution < -0.4 is 5.73 Å². The van der Waals surface area contributed by atoms with E-state index >= 15 is 0 Å². The van der Waals surface area contributed by atoms with E-state index in [-0.39, 0.29) is 6.04 Å².